The first kappa shape index (κ1) is 9.85. The topological polar surface area (TPSA) is 59.8 Å². The fourth-order valence-corrected chi connectivity index (χ4v) is 1.16. The van der Waals surface area contributed by atoms with Crippen molar-refractivity contribution >= 4 is 5.78 Å². The number of rotatable bonds is 4. The molecule has 0 saturated carbocycles. The molecule has 1 heterocycles. The Morgan fingerprint density at radius 3 is 2.92 bits per heavy atom. The summed E-state index contributed by atoms with van der Waals surface area (Å²) in [6, 6.07) is 0. The quantitative estimate of drug-likeness (QED) is 0.658. The van der Waals surface area contributed by atoms with Crippen LogP contribution in [0.25, 0.3) is 0 Å². The van der Waals surface area contributed by atoms with Crippen molar-refractivity contribution in [2.24, 2.45) is 13.0 Å². The fraction of sp³-hybridized carbons (Fsp3) is 0.625. The number of aromatic nitrogens is 3. The molecule has 0 spiro atoms. The Balaban J connectivity index is 2.73. The Bertz CT molecular complexity index is 294. The first-order valence-electron chi connectivity index (χ1n) is 4.20. The van der Waals surface area contributed by atoms with E-state index < -0.39 is 0 Å². The number of nitrogens with zero attached hydrogens (tertiary/aromatic N) is 3. The van der Waals surface area contributed by atoms with Crippen molar-refractivity contribution in [2.45, 2.75) is 6.92 Å². The molecule has 1 N–H and O–H groups in total. The average molecular weight is 182 g/mol. The number of carbonyl (C=O) groups is 1. The third-order valence-corrected chi connectivity index (χ3v) is 1.92. The van der Waals surface area contributed by atoms with E-state index in [4.69, 9.17) is 0 Å². The molecule has 0 aliphatic heterocycles. The second-order valence-electron chi connectivity index (χ2n) is 3.07. The summed E-state index contributed by atoms with van der Waals surface area (Å²) in [7, 11) is 3.54. The van der Waals surface area contributed by atoms with E-state index in [9.17, 15) is 4.79 Å². The molecule has 0 aliphatic rings. The highest BCUT2D eigenvalue weighted by Gasteiger charge is 2.17. The maximum absolute atomic E-state index is 11.7. The first-order valence-corrected chi connectivity index (χ1v) is 4.20. The van der Waals surface area contributed by atoms with Crippen LogP contribution in [0, 0.1) is 5.92 Å². The molecule has 13 heavy (non-hydrogen) atoms. The van der Waals surface area contributed by atoms with Crippen molar-refractivity contribution < 1.29 is 4.79 Å². The normalized spacial score (nSPS) is 12.8. The van der Waals surface area contributed by atoms with Crippen LogP contribution in [0.2, 0.25) is 0 Å². The van der Waals surface area contributed by atoms with E-state index >= 15 is 0 Å². The van der Waals surface area contributed by atoms with Gasteiger partial charge in [0.2, 0.25) is 0 Å². The molecule has 5 heteroatoms. The second kappa shape index (κ2) is 4.13. The van der Waals surface area contributed by atoms with Crippen LogP contribution < -0.4 is 5.32 Å². The molecule has 0 amide bonds. The first-order chi connectivity index (χ1) is 6.16. The number of ketones is 1. The summed E-state index contributed by atoms with van der Waals surface area (Å²) in [6.45, 7) is 2.55. The number of Topliss-reactive ketones (excluding diaryl/α,β-unsaturated/α-hetero) is 1. The number of aryl methyl sites for hydroxylation is 1. The van der Waals surface area contributed by atoms with E-state index in [0.29, 0.717) is 12.2 Å². The van der Waals surface area contributed by atoms with E-state index in [0.717, 1.165) is 0 Å². The largest absolute Gasteiger partial charge is 0.319 e. The second-order valence-corrected chi connectivity index (χ2v) is 3.07. The molecule has 5 nitrogen and oxygen atoms in total. The Morgan fingerprint density at radius 1 is 1.77 bits per heavy atom. The molecule has 0 radical (unpaired) electrons. The van der Waals surface area contributed by atoms with Gasteiger partial charge in [-0.2, -0.15) is 0 Å². The van der Waals surface area contributed by atoms with Gasteiger partial charge in [-0.05, 0) is 7.05 Å². The Morgan fingerprint density at radius 2 is 2.46 bits per heavy atom. The van der Waals surface area contributed by atoms with E-state index in [-0.39, 0.29) is 11.7 Å². The lowest BCUT2D eigenvalue weighted by molar-refractivity contribution is 0.0920. The highest BCUT2D eigenvalue weighted by molar-refractivity contribution is 5.95. The zero-order valence-corrected chi connectivity index (χ0v) is 8.11. The van der Waals surface area contributed by atoms with Crippen LogP contribution in [-0.4, -0.2) is 34.4 Å². The summed E-state index contributed by atoms with van der Waals surface area (Å²) in [6.07, 6.45) is 1.49. The minimum atomic E-state index is -0.0396. The Labute approximate surface area is 77.1 Å². The van der Waals surface area contributed by atoms with Crippen LogP contribution in [0.4, 0.5) is 0 Å². The van der Waals surface area contributed by atoms with Gasteiger partial charge in [0, 0.05) is 19.5 Å². The Kier molecular flexibility index (Phi) is 3.13. The molecule has 1 atom stereocenters. The molecule has 1 rings (SSSR count). The van der Waals surface area contributed by atoms with Crippen molar-refractivity contribution in [3.8, 4) is 0 Å². The van der Waals surface area contributed by atoms with Gasteiger partial charge in [0.15, 0.2) is 5.78 Å². The molecule has 72 valence electrons. The average Bonchev–Trinajstić information content (AvgIpc) is 2.50. The summed E-state index contributed by atoms with van der Waals surface area (Å²) in [5.74, 6) is 0.0315. The standard InChI is InChI=1S/C8H14N4O/c1-6(4-9-2)8(13)7-5-10-11-12(7)3/h5-6,9H,4H2,1-3H3. The lowest BCUT2D eigenvalue weighted by Crippen LogP contribution is -2.25. The summed E-state index contributed by atoms with van der Waals surface area (Å²) in [5.41, 5.74) is 0.558. The molecular weight excluding hydrogens is 168 g/mol. The molecule has 0 bridgehead atoms. The van der Waals surface area contributed by atoms with Crippen molar-refractivity contribution in [3.05, 3.63) is 11.9 Å². The number of nitrogens with one attached hydrogen (secondary N) is 1. The van der Waals surface area contributed by atoms with Crippen molar-refractivity contribution in [3.63, 3.8) is 0 Å². The van der Waals surface area contributed by atoms with Crippen molar-refractivity contribution in [1.29, 1.82) is 0 Å². The van der Waals surface area contributed by atoms with Crippen LogP contribution in [-0.2, 0) is 7.05 Å². The molecule has 0 aliphatic carbocycles. The van der Waals surface area contributed by atoms with Gasteiger partial charge in [0.1, 0.15) is 5.69 Å². The molecular formula is C8H14N4O. The fourth-order valence-electron chi connectivity index (χ4n) is 1.16. The van der Waals surface area contributed by atoms with Crippen LogP contribution in [0.1, 0.15) is 17.4 Å². The SMILES string of the molecule is CNCC(C)C(=O)c1cnnn1C. The van der Waals surface area contributed by atoms with Gasteiger partial charge < -0.3 is 5.32 Å². The molecule has 0 saturated heterocycles. The predicted molar refractivity (Wildman–Crippen MR) is 48.4 cm³/mol. The van der Waals surface area contributed by atoms with E-state index in [1.54, 1.807) is 7.05 Å². The zero-order valence-electron chi connectivity index (χ0n) is 8.11. The van der Waals surface area contributed by atoms with Crippen LogP contribution >= 0.6 is 0 Å². The van der Waals surface area contributed by atoms with Crippen LogP contribution in [0.15, 0.2) is 6.20 Å². The third kappa shape index (κ3) is 2.12. The minimum absolute atomic E-state index is 0.0396. The maximum Gasteiger partial charge on any atom is 0.186 e. The summed E-state index contributed by atoms with van der Waals surface area (Å²) >= 11 is 0. The molecule has 0 aromatic carbocycles. The van der Waals surface area contributed by atoms with Gasteiger partial charge in [-0.25, -0.2) is 4.68 Å². The number of carbonyl (C=O) groups excluding carboxylic acids is 1. The summed E-state index contributed by atoms with van der Waals surface area (Å²) in [4.78, 5) is 11.7. The lowest BCUT2D eigenvalue weighted by Gasteiger charge is -2.08. The maximum atomic E-state index is 11.7. The smallest absolute Gasteiger partial charge is 0.186 e. The Hall–Kier alpha value is -1.23. The number of hydrogen-bond acceptors (Lipinski definition) is 4. The highest BCUT2D eigenvalue weighted by atomic mass is 16.1. The molecule has 1 aromatic rings. The van der Waals surface area contributed by atoms with E-state index in [2.05, 4.69) is 15.6 Å². The van der Waals surface area contributed by atoms with E-state index in [1.165, 1.54) is 10.9 Å². The monoisotopic (exact) mass is 182 g/mol. The third-order valence-electron chi connectivity index (χ3n) is 1.92. The number of hydrogen-bond donors (Lipinski definition) is 1. The molecule has 1 unspecified atom stereocenters. The van der Waals surface area contributed by atoms with Crippen LogP contribution in [0.5, 0.6) is 0 Å². The molecule has 0 fully saturated rings. The highest BCUT2D eigenvalue weighted by Crippen LogP contribution is 2.04. The van der Waals surface area contributed by atoms with Crippen LogP contribution in [0.3, 0.4) is 0 Å². The molecule has 1 aromatic heterocycles. The van der Waals surface area contributed by atoms with Crippen molar-refractivity contribution in [1.82, 2.24) is 20.3 Å². The summed E-state index contributed by atoms with van der Waals surface area (Å²) in [5, 5.41) is 10.3. The lowest BCUT2D eigenvalue weighted by atomic mass is 10.0. The van der Waals surface area contributed by atoms with Gasteiger partial charge in [-0.15, -0.1) is 5.10 Å². The van der Waals surface area contributed by atoms with Gasteiger partial charge in [-0.3, -0.25) is 4.79 Å². The van der Waals surface area contributed by atoms with Crippen molar-refractivity contribution in [2.75, 3.05) is 13.6 Å². The minimum Gasteiger partial charge on any atom is -0.319 e. The van der Waals surface area contributed by atoms with E-state index in [1.807, 2.05) is 14.0 Å². The van der Waals surface area contributed by atoms with Gasteiger partial charge >= 0.3 is 0 Å². The zero-order chi connectivity index (χ0) is 9.84. The van der Waals surface area contributed by atoms with Gasteiger partial charge in [-0.1, -0.05) is 12.1 Å². The van der Waals surface area contributed by atoms with Gasteiger partial charge in [0.25, 0.3) is 0 Å². The summed E-state index contributed by atoms with van der Waals surface area (Å²) < 4.78 is 1.49. The predicted octanol–water partition coefficient (Wildman–Crippen LogP) is -0.147. The van der Waals surface area contributed by atoms with Gasteiger partial charge in [0.05, 0.1) is 6.20 Å².